The number of carbonyl (C=O) groups is 1. The highest BCUT2D eigenvalue weighted by molar-refractivity contribution is 5.74. The molecule has 2 aromatic heterocycles. The summed E-state index contributed by atoms with van der Waals surface area (Å²) in [4.78, 5) is 50.1. The lowest BCUT2D eigenvalue weighted by atomic mass is 9.96. The van der Waals surface area contributed by atoms with E-state index in [4.69, 9.17) is 34.7 Å². The SMILES string of the molecule is COc1cc2c(cc1OC)-c1cc(=Nc3c(C)cc(C)cc3C)n(CCN)c(=O)n1CC2.COc1cc2c(cc1OC)-c1cc(=Nc3c(C)cc(C)cc3C)n(CCNC(=O)NC3CCCCC3)c(=O)n1CC2. The average molecular weight is 994 g/mol. The van der Waals surface area contributed by atoms with Crippen molar-refractivity contribution >= 4 is 17.4 Å². The Kier molecular flexibility index (Phi) is 16.1. The number of urea groups is 1. The van der Waals surface area contributed by atoms with Crippen LogP contribution in [0.4, 0.5) is 16.2 Å². The summed E-state index contributed by atoms with van der Waals surface area (Å²) < 4.78 is 29.1. The number of hydrogen-bond donors (Lipinski definition) is 3. The summed E-state index contributed by atoms with van der Waals surface area (Å²) in [5, 5.41) is 6.05. The van der Waals surface area contributed by atoms with E-state index < -0.39 is 0 Å². The van der Waals surface area contributed by atoms with Gasteiger partial charge in [-0.25, -0.2) is 24.4 Å². The van der Waals surface area contributed by atoms with Gasteiger partial charge in [0.15, 0.2) is 23.0 Å². The van der Waals surface area contributed by atoms with Gasteiger partial charge >= 0.3 is 17.4 Å². The van der Waals surface area contributed by atoms with Crippen LogP contribution in [0.3, 0.4) is 0 Å². The van der Waals surface area contributed by atoms with Crippen molar-refractivity contribution in [1.82, 2.24) is 28.9 Å². The largest absolute Gasteiger partial charge is 0.493 e. The Balaban J connectivity index is 0.000000201. The van der Waals surface area contributed by atoms with Crippen molar-refractivity contribution in [2.45, 2.75) is 119 Å². The lowest BCUT2D eigenvalue weighted by molar-refractivity contribution is 0.232. The second kappa shape index (κ2) is 22.6. The van der Waals surface area contributed by atoms with Gasteiger partial charge in [0.1, 0.15) is 11.0 Å². The van der Waals surface area contributed by atoms with Crippen LogP contribution >= 0.6 is 0 Å². The topological polar surface area (TPSA) is 183 Å². The third-order valence-corrected chi connectivity index (χ3v) is 14.2. The third-order valence-electron chi connectivity index (χ3n) is 14.2. The molecule has 6 aromatic rings. The number of ether oxygens (including phenoxy) is 4. The molecule has 4 N–H and O–H groups in total. The normalized spacial score (nSPS) is 14.2. The minimum absolute atomic E-state index is 0.102. The van der Waals surface area contributed by atoms with Gasteiger partial charge in [0, 0.05) is 68.6 Å². The van der Waals surface area contributed by atoms with Crippen molar-refractivity contribution in [3.05, 3.63) is 137 Å². The second-order valence-electron chi connectivity index (χ2n) is 19.4. The van der Waals surface area contributed by atoms with Crippen LogP contribution in [0.2, 0.25) is 0 Å². The number of fused-ring (bicyclic) bond motifs is 6. The van der Waals surface area contributed by atoms with Crippen LogP contribution in [0.1, 0.15) is 76.6 Å². The molecule has 4 heterocycles. The molecular weight excluding hydrogens is 923 g/mol. The summed E-state index contributed by atoms with van der Waals surface area (Å²) in [6.45, 7) is 14.8. The summed E-state index contributed by atoms with van der Waals surface area (Å²) >= 11 is 0. The Labute approximate surface area is 427 Å². The summed E-state index contributed by atoms with van der Waals surface area (Å²) in [7, 11) is 6.48. The van der Waals surface area contributed by atoms with Gasteiger partial charge in [-0.2, -0.15) is 0 Å². The zero-order valence-corrected chi connectivity index (χ0v) is 44.2. The van der Waals surface area contributed by atoms with Crippen LogP contribution < -0.4 is 57.7 Å². The van der Waals surface area contributed by atoms with Gasteiger partial charge in [0.25, 0.3) is 0 Å². The van der Waals surface area contributed by atoms with Gasteiger partial charge in [-0.3, -0.25) is 18.3 Å². The molecule has 1 aliphatic carbocycles. The van der Waals surface area contributed by atoms with Crippen molar-refractivity contribution in [3.8, 4) is 45.5 Å². The summed E-state index contributed by atoms with van der Waals surface area (Å²) in [5.41, 5.74) is 20.8. The molecule has 386 valence electrons. The molecule has 16 nitrogen and oxygen atoms in total. The Morgan fingerprint density at radius 3 is 1.41 bits per heavy atom. The van der Waals surface area contributed by atoms with E-state index >= 15 is 0 Å². The van der Waals surface area contributed by atoms with Crippen LogP contribution in [0.25, 0.3) is 22.5 Å². The predicted octanol–water partition coefficient (Wildman–Crippen LogP) is 7.69. The fraction of sp³-hybridized carbons (Fsp3) is 0.421. The van der Waals surface area contributed by atoms with E-state index in [1.54, 1.807) is 46.7 Å². The summed E-state index contributed by atoms with van der Waals surface area (Å²) in [6, 6.07) is 20.3. The third kappa shape index (κ3) is 11.0. The molecule has 0 unspecified atom stereocenters. The number of nitrogens with one attached hydrogen (secondary N) is 2. The number of hydrogen-bond acceptors (Lipinski definition) is 10. The monoisotopic (exact) mass is 994 g/mol. The Bertz CT molecular complexity index is 3290. The maximum atomic E-state index is 14.0. The second-order valence-corrected chi connectivity index (χ2v) is 19.4. The van der Waals surface area contributed by atoms with E-state index in [1.165, 1.54) is 17.5 Å². The van der Waals surface area contributed by atoms with Gasteiger partial charge in [-0.05, 0) is 125 Å². The molecule has 0 atom stereocenters. The zero-order chi connectivity index (χ0) is 52.1. The van der Waals surface area contributed by atoms with E-state index in [-0.39, 0.29) is 23.5 Å². The molecule has 9 rings (SSSR count). The molecule has 1 saturated carbocycles. The van der Waals surface area contributed by atoms with Crippen LogP contribution in [0, 0.1) is 41.5 Å². The number of rotatable bonds is 12. The minimum Gasteiger partial charge on any atom is -0.493 e. The molecule has 16 heteroatoms. The zero-order valence-electron chi connectivity index (χ0n) is 44.2. The van der Waals surface area contributed by atoms with Crippen molar-refractivity contribution in [1.29, 1.82) is 0 Å². The van der Waals surface area contributed by atoms with E-state index in [0.717, 1.165) is 99.4 Å². The van der Waals surface area contributed by atoms with Crippen molar-refractivity contribution in [2.24, 2.45) is 15.7 Å². The Morgan fingerprint density at radius 2 is 1.00 bits per heavy atom. The van der Waals surface area contributed by atoms with Crippen LogP contribution in [-0.2, 0) is 39.0 Å². The number of nitrogens with zero attached hydrogens (tertiary/aromatic N) is 6. The van der Waals surface area contributed by atoms with Crippen LogP contribution in [-0.4, -0.2) is 71.9 Å². The lowest BCUT2D eigenvalue weighted by Gasteiger charge is -2.25. The quantitative estimate of drug-likeness (QED) is 0.112. The standard InChI is InChI=1S/C32H41N5O4.C25H30N4O3/c1-20-15-21(2)30(22(3)16-20)35-29-19-26-25-18-28(41-5)27(40-4)17-23(25)11-13-36(26)32(39)37(29)14-12-33-31(38)34-24-9-7-6-8-10-24;1-15-10-16(2)24(17(3)11-15)27-23-14-20-19-13-22(32-5)21(31-4)12-18(19)6-8-28(20)25(30)29(23)9-7-26/h15-19,24H,6-14H2,1-5H3,(H2,33,34,38);10-14H,6-9,26H2,1-5H3. The molecule has 0 bridgehead atoms. The molecule has 1 fully saturated rings. The number of nitrogens with two attached hydrogens (primary N) is 1. The summed E-state index contributed by atoms with van der Waals surface area (Å²) in [6.07, 6.45) is 6.99. The molecule has 0 spiro atoms. The van der Waals surface area contributed by atoms with Crippen LogP contribution in [0.5, 0.6) is 23.0 Å². The Hall–Kier alpha value is -7.33. The fourth-order valence-electron chi connectivity index (χ4n) is 10.8. The van der Waals surface area contributed by atoms with E-state index in [2.05, 4.69) is 48.7 Å². The first-order valence-electron chi connectivity index (χ1n) is 25.4. The number of methoxy groups -OCH3 is 4. The lowest BCUT2D eigenvalue weighted by Crippen LogP contribution is -2.47. The number of carbonyl (C=O) groups excluding carboxylic acids is 1. The van der Waals surface area contributed by atoms with Crippen LogP contribution in [0.15, 0.2) is 80.2 Å². The fourth-order valence-corrected chi connectivity index (χ4v) is 10.8. The number of aromatic nitrogens is 4. The van der Waals surface area contributed by atoms with E-state index in [1.807, 2.05) is 64.1 Å². The highest BCUT2D eigenvalue weighted by atomic mass is 16.5. The first kappa shape index (κ1) is 52.0. The van der Waals surface area contributed by atoms with Gasteiger partial charge in [-0.15, -0.1) is 0 Å². The van der Waals surface area contributed by atoms with Crippen molar-refractivity contribution in [3.63, 3.8) is 0 Å². The smallest absolute Gasteiger partial charge is 0.330 e. The van der Waals surface area contributed by atoms with Gasteiger partial charge < -0.3 is 35.3 Å². The molecular formula is C57H71N9O7. The van der Waals surface area contributed by atoms with E-state index in [9.17, 15) is 14.4 Å². The maximum absolute atomic E-state index is 14.0. The average Bonchev–Trinajstić information content (AvgIpc) is 3.37. The molecule has 73 heavy (non-hydrogen) atoms. The Morgan fingerprint density at radius 1 is 0.589 bits per heavy atom. The maximum Gasteiger partial charge on any atom is 0.330 e. The predicted molar refractivity (Wildman–Crippen MR) is 286 cm³/mol. The van der Waals surface area contributed by atoms with E-state index in [0.29, 0.717) is 79.7 Å². The first-order valence-corrected chi connectivity index (χ1v) is 25.4. The number of aryl methyl sites for hydroxylation is 8. The molecule has 0 saturated heterocycles. The molecule has 2 aliphatic heterocycles. The highest BCUT2D eigenvalue weighted by Gasteiger charge is 2.25. The number of amides is 2. The van der Waals surface area contributed by atoms with Crippen molar-refractivity contribution in [2.75, 3.05) is 41.5 Å². The summed E-state index contributed by atoms with van der Waals surface area (Å²) in [5.74, 6) is 2.60. The molecule has 3 aliphatic rings. The van der Waals surface area contributed by atoms with Gasteiger partial charge in [0.2, 0.25) is 0 Å². The highest BCUT2D eigenvalue weighted by Crippen LogP contribution is 2.39. The minimum atomic E-state index is -0.186. The molecule has 4 aromatic carbocycles. The van der Waals surface area contributed by atoms with Crippen molar-refractivity contribution < 1.29 is 23.7 Å². The first-order chi connectivity index (χ1) is 35.2. The number of benzene rings is 4. The van der Waals surface area contributed by atoms with Gasteiger partial charge in [-0.1, -0.05) is 54.7 Å². The molecule has 2 amide bonds. The van der Waals surface area contributed by atoms with Gasteiger partial charge in [0.05, 0.1) is 51.2 Å². The molecule has 0 radical (unpaired) electrons.